The van der Waals surface area contributed by atoms with Gasteiger partial charge in [0.1, 0.15) is 11.6 Å². The average molecular weight is 297 g/mol. The van der Waals surface area contributed by atoms with Gasteiger partial charge in [-0.2, -0.15) is 0 Å². The van der Waals surface area contributed by atoms with Crippen molar-refractivity contribution in [3.63, 3.8) is 0 Å². The molecule has 1 amide bonds. The molecule has 0 aliphatic carbocycles. The van der Waals surface area contributed by atoms with Crippen molar-refractivity contribution in [2.24, 2.45) is 0 Å². The minimum absolute atomic E-state index is 0.111. The third-order valence-corrected chi connectivity index (χ3v) is 3.75. The van der Waals surface area contributed by atoms with Gasteiger partial charge in [-0.15, -0.1) is 0 Å². The van der Waals surface area contributed by atoms with Gasteiger partial charge in [0.2, 0.25) is 5.91 Å². The monoisotopic (exact) mass is 297 g/mol. The van der Waals surface area contributed by atoms with Crippen LogP contribution in [0.1, 0.15) is 79.1 Å². The Morgan fingerprint density at radius 3 is 2.43 bits per heavy atom. The minimum Gasteiger partial charge on any atom is -0.458 e. The van der Waals surface area contributed by atoms with Crippen molar-refractivity contribution >= 4 is 11.9 Å². The highest BCUT2D eigenvalue weighted by atomic mass is 16.6. The molecule has 1 heterocycles. The zero-order valence-electron chi connectivity index (χ0n) is 14.1. The molecule has 1 fully saturated rings. The van der Waals surface area contributed by atoms with Crippen molar-refractivity contribution < 1.29 is 14.3 Å². The van der Waals surface area contributed by atoms with E-state index in [0.717, 1.165) is 25.7 Å². The normalized spacial score (nSPS) is 18.9. The molecule has 0 bridgehead atoms. The Bertz CT molecular complexity index is 346. The van der Waals surface area contributed by atoms with Gasteiger partial charge in [-0.3, -0.25) is 4.79 Å². The standard InChI is InChI=1S/C17H31NO3/c1-5-6-7-8-9-12-15(19)18-13-10-11-14(18)16(20)21-17(2,3)4/h14H,5-13H2,1-4H3/t14-/m1/s1. The number of nitrogens with zero attached hydrogens (tertiary/aromatic N) is 1. The fourth-order valence-electron chi connectivity index (χ4n) is 2.70. The molecule has 0 N–H and O–H groups in total. The van der Waals surface area contributed by atoms with Crippen LogP contribution in [0.3, 0.4) is 0 Å². The summed E-state index contributed by atoms with van der Waals surface area (Å²) in [6.45, 7) is 8.46. The first kappa shape index (κ1) is 18.0. The predicted octanol–water partition coefficient (Wildman–Crippen LogP) is 3.68. The maximum Gasteiger partial charge on any atom is 0.329 e. The van der Waals surface area contributed by atoms with E-state index in [9.17, 15) is 9.59 Å². The van der Waals surface area contributed by atoms with Gasteiger partial charge >= 0.3 is 5.97 Å². The maximum atomic E-state index is 12.3. The fourth-order valence-corrected chi connectivity index (χ4v) is 2.70. The molecule has 0 spiro atoms. The number of amides is 1. The lowest BCUT2D eigenvalue weighted by atomic mass is 10.1. The second-order valence-electron chi connectivity index (χ2n) is 6.94. The maximum absolute atomic E-state index is 12.3. The van der Waals surface area contributed by atoms with Crippen LogP contribution >= 0.6 is 0 Å². The van der Waals surface area contributed by atoms with Gasteiger partial charge in [0.15, 0.2) is 0 Å². The van der Waals surface area contributed by atoms with Crippen LogP contribution in [0.2, 0.25) is 0 Å². The molecule has 1 saturated heterocycles. The summed E-state index contributed by atoms with van der Waals surface area (Å²) in [6.07, 6.45) is 7.85. The number of carbonyl (C=O) groups is 2. The van der Waals surface area contributed by atoms with Crippen LogP contribution in [-0.4, -0.2) is 35.0 Å². The number of likely N-dealkylation sites (tertiary alicyclic amines) is 1. The molecule has 21 heavy (non-hydrogen) atoms. The average Bonchev–Trinajstić information content (AvgIpc) is 2.85. The molecule has 1 rings (SSSR count). The van der Waals surface area contributed by atoms with Crippen molar-refractivity contribution in [2.45, 2.75) is 90.7 Å². The highest BCUT2D eigenvalue weighted by molar-refractivity contribution is 5.85. The Balaban J connectivity index is 2.41. The van der Waals surface area contributed by atoms with Crippen LogP contribution < -0.4 is 0 Å². The molecule has 0 aromatic rings. The molecule has 0 aromatic heterocycles. The van der Waals surface area contributed by atoms with E-state index >= 15 is 0 Å². The van der Waals surface area contributed by atoms with Gasteiger partial charge < -0.3 is 9.64 Å². The summed E-state index contributed by atoms with van der Waals surface area (Å²) in [7, 11) is 0. The number of hydrogen-bond acceptors (Lipinski definition) is 3. The van der Waals surface area contributed by atoms with E-state index in [0.29, 0.717) is 13.0 Å². The molecule has 122 valence electrons. The first-order valence-electron chi connectivity index (χ1n) is 8.37. The van der Waals surface area contributed by atoms with E-state index in [1.807, 2.05) is 20.8 Å². The predicted molar refractivity (Wildman–Crippen MR) is 84.0 cm³/mol. The van der Waals surface area contributed by atoms with Gasteiger partial charge in [-0.1, -0.05) is 32.6 Å². The van der Waals surface area contributed by atoms with Gasteiger partial charge in [0, 0.05) is 13.0 Å². The molecule has 0 saturated carbocycles. The first-order valence-corrected chi connectivity index (χ1v) is 8.37. The van der Waals surface area contributed by atoms with Crippen LogP contribution in [-0.2, 0) is 14.3 Å². The van der Waals surface area contributed by atoms with Crippen LogP contribution in [0.4, 0.5) is 0 Å². The van der Waals surface area contributed by atoms with Crippen LogP contribution in [0, 0.1) is 0 Å². The Morgan fingerprint density at radius 2 is 1.81 bits per heavy atom. The summed E-state index contributed by atoms with van der Waals surface area (Å²) in [4.78, 5) is 26.2. The van der Waals surface area contributed by atoms with Crippen molar-refractivity contribution in [3.8, 4) is 0 Å². The quantitative estimate of drug-likeness (QED) is 0.532. The van der Waals surface area contributed by atoms with E-state index in [4.69, 9.17) is 4.74 Å². The lowest BCUT2D eigenvalue weighted by Crippen LogP contribution is -2.43. The van der Waals surface area contributed by atoms with Gasteiger partial charge in [0.05, 0.1) is 0 Å². The smallest absolute Gasteiger partial charge is 0.329 e. The highest BCUT2D eigenvalue weighted by Crippen LogP contribution is 2.22. The molecule has 0 radical (unpaired) electrons. The van der Waals surface area contributed by atoms with E-state index in [1.54, 1.807) is 4.90 Å². The molecular weight excluding hydrogens is 266 g/mol. The van der Waals surface area contributed by atoms with E-state index in [-0.39, 0.29) is 17.9 Å². The van der Waals surface area contributed by atoms with Crippen molar-refractivity contribution in [1.82, 2.24) is 4.90 Å². The molecule has 4 heteroatoms. The van der Waals surface area contributed by atoms with Crippen LogP contribution in [0.5, 0.6) is 0 Å². The number of carbonyl (C=O) groups excluding carboxylic acids is 2. The van der Waals surface area contributed by atoms with Crippen LogP contribution in [0.25, 0.3) is 0 Å². The molecule has 0 unspecified atom stereocenters. The second kappa shape index (κ2) is 8.40. The Hall–Kier alpha value is -1.06. The lowest BCUT2D eigenvalue weighted by Gasteiger charge is -2.27. The summed E-state index contributed by atoms with van der Waals surface area (Å²) in [5.74, 6) is -0.140. The third-order valence-electron chi connectivity index (χ3n) is 3.75. The molecular formula is C17H31NO3. The fraction of sp³-hybridized carbons (Fsp3) is 0.882. The topological polar surface area (TPSA) is 46.6 Å². The summed E-state index contributed by atoms with van der Waals surface area (Å²) in [5.41, 5.74) is -0.492. The third kappa shape index (κ3) is 6.49. The molecule has 1 aliphatic heterocycles. The van der Waals surface area contributed by atoms with Crippen molar-refractivity contribution in [1.29, 1.82) is 0 Å². The summed E-state index contributed by atoms with van der Waals surface area (Å²) >= 11 is 0. The van der Waals surface area contributed by atoms with Crippen molar-refractivity contribution in [3.05, 3.63) is 0 Å². The number of esters is 1. The van der Waals surface area contributed by atoms with E-state index < -0.39 is 5.60 Å². The summed E-state index contributed by atoms with van der Waals surface area (Å²) in [6, 6.07) is -0.368. The zero-order chi connectivity index (χ0) is 15.9. The molecule has 4 nitrogen and oxygen atoms in total. The lowest BCUT2D eigenvalue weighted by molar-refractivity contribution is -0.163. The van der Waals surface area contributed by atoms with Gasteiger partial charge in [-0.05, 0) is 40.0 Å². The van der Waals surface area contributed by atoms with Crippen molar-refractivity contribution in [2.75, 3.05) is 6.54 Å². The highest BCUT2D eigenvalue weighted by Gasteiger charge is 2.36. The number of unbranched alkanes of at least 4 members (excludes halogenated alkanes) is 4. The molecule has 1 aliphatic rings. The van der Waals surface area contributed by atoms with Crippen LogP contribution in [0.15, 0.2) is 0 Å². The largest absolute Gasteiger partial charge is 0.458 e. The Labute approximate surface area is 129 Å². The van der Waals surface area contributed by atoms with E-state index in [1.165, 1.54) is 19.3 Å². The molecule has 1 atom stereocenters. The SMILES string of the molecule is CCCCCCCC(=O)N1CCC[C@@H]1C(=O)OC(C)(C)C. The number of rotatable bonds is 7. The molecule has 0 aromatic carbocycles. The van der Waals surface area contributed by atoms with Gasteiger partial charge in [-0.25, -0.2) is 4.79 Å². The first-order chi connectivity index (χ1) is 9.85. The zero-order valence-corrected chi connectivity index (χ0v) is 14.1. The minimum atomic E-state index is -0.492. The summed E-state index contributed by atoms with van der Waals surface area (Å²) in [5, 5.41) is 0. The number of hydrogen-bond donors (Lipinski definition) is 0. The van der Waals surface area contributed by atoms with E-state index in [2.05, 4.69) is 6.92 Å². The number of ether oxygens (including phenoxy) is 1. The second-order valence-corrected chi connectivity index (χ2v) is 6.94. The van der Waals surface area contributed by atoms with Gasteiger partial charge in [0.25, 0.3) is 0 Å². The Morgan fingerprint density at radius 1 is 1.14 bits per heavy atom. The summed E-state index contributed by atoms with van der Waals surface area (Å²) < 4.78 is 5.43. The Kier molecular flexibility index (Phi) is 7.20.